The predicted molar refractivity (Wildman–Crippen MR) is 87.7 cm³/mol. The molecule has 0 aliphatic carbocycles. The van der Waals surface area contributed by atoms with Gasteiger partial charge in [0, 0.05) is 37.4 Å². The first-order valence-electron chi connectivity index (χ1n) is 7.23. The Balaban J connectivity index is 2.30. The molecule has 0 saturated heterocycles. The molecule has 0 unspecified atom stereocenters. The first-order valence-corrected chi connectivity index (χ1v) is 7.23. The Morgan fingerprint density at radius 2 is 1.87 bits per heavy atom. The van der Waals surface area contributed by atoms with Crippen molar-refractivity contribution in [1.82, 2.24) is 0 Å². The largest absolute Gasteiger partial charge is 0.423 e. The summed E-state index contributed by atoms with van der Waals surface area (Å²) in [5, 5.41) is 3.65. The fourth-order valence-corrected chi connectivity index (χ4v) is 2.49. The van der Waals surface area contributed by atoms with E-state index in [0.29, 0.717) is 11.3 Å². The third-order valence-electron chi connectivity index (χ3n) is 3.68. The molecule has 6 nitrogen and oxygen atoms in total. The molecular formula is C17H21NO5. The van der Waals surface area contributed by atoms with Crippen LogP contribution in [0.25, 0.3) is 11.0 Å². The van der Waals surface area contributed by atoms with E-state index in [0.717, 1.165) is 10.9 Å². The number of carbonyl (C=O) groups is 1. The Morgan fingerprint density at radius 3 is 2.48 bits per heavy atom. The molecule has 2 rings (SSSR count). The number of methoxy groups -OCH3 is 2. The number of hydrogen-bond donors (Lipinski definition) is 1. The average molecular weight is 319 g/mol. The van der Waals surface area contributed by atoms with E-state index in [1.807, 2.05) is 13.0 Å². The summed E-state index contributed by atoms with van der Waals surface area (Å²) in [6, 6.07) is 6.66. The Kier molecular flexibility index (Phi) is 5.18. The van der Waals surface area contributed by atoms with Crippen molar-refractivity contribution in [3.8, 4) is 0 Å². The minimum atomic E-state index is -0.814. The molecule has 0 atom stereocenters. The summed E-state index contributed by atoms with van der Waals surface area (Å²) in [6.07, 6.45) is 0. The molecule has 0 radical (unpaired) electrons. The number of carbonyl (C=O) groups excluding carboxylic acids is 1. The molecule has 1 N–H and O–H groups in total. The molecule has 1 heterocycles. The van der Waals surface area contributed by atoms with Gasteiger partial charge in [-0.05, 0) is 31.5 Å². The van der Waals surface area contributed by atoms with Crippen molar-refractivity contribution in [3.63, 3.8) is 0 Å². The second kappa shape index (κ2) is 6.93. The van der Waals surface area contributed by atoms with E-state index >= 15 is 0 Å². The highest BCUT2D eigenvalue weighted by Crippen LogP contribution is 2.24. The number of amides is 1. The van der Waals surface area contributed by atoms with E-state index in [1.165, 1.54) is 20.3 Å². The predicted octanol–water partition coefficient (Wildman–Crippen LogP) is 2.34. The highest BCUT2D eigenvalue weighted by atomic mass is 16.5. The van der Waals surface area contributed by atoms with Crippen LogP contribution in [0.3, 0.4) is 0 Å². The van der Waals surface area contributed by atoms with Crippen molar-refractivity contribution in [2.75, 3.05) is 32.8 Å². The van der Waals surface area contributed by atoms with Crippen LogP contribution in [0.5, 0.6) is 0 Å². The molecule has 0 fully saturated rings. The van der Waals surface area contributed by atoms with Crippen LogP contribution in [0.1, 0.15) is 12.5 Å². The number of rotatable bonds is 6. The van der Waals surface area contributed by atoms with Gasteiger partial charge in [-0.2, -0.15) is 0 Å². The molecule has 0 bridgehead atoms. The van der Waals surface area contributed by atoms with Gasteiger partial charge in [0.15, 0.2) is 0 Å². The quantitative estimate of drug-likeness (QED) is 0.827. The van der Waals surface area contributed by atoms with Crippen molar-refractivity contribution < 1.29 is 18.7 Å². The van der Waals surface area contributed by atoms with Crippen molar-refractivity contribution in [2.24, 2.45) is 5.41 Å². The van der Waals surface area contributed by atoms with E-state index in [1.54, 1.807) is 19.1 Å². The maximum atomic E-state index is 12.5. The SMILES string of the molecule is COCC(C)(COC)C(=O)Nc1ccc2c(C)cc(=O)oc2c1. The lowest BCUT2D eigenvalue weighted by molar-refractivity contribution is -0.131. The molecule has 23 heavy (non-hydrogen) atoms. The van der Waals surface area contributed by atoms with Crippen LogP contribution in [-0.2, 0) is 14.3 Å². The van der Waals surface area contributed by atoms with Gasteiger partial charge in [0.1, 0.15) is 5.58 Å². The van der Waals surface area contributed by atoms with Crippen LogP contribution in [-0.4, -0.2) is 33.3 Å². The molecule has 0 saturated carbocycles. The Labute approximate surface area is 134 Å². The van der Waals surface area contributed by atoms with E-state index in [2.05, 4.69) is 5.32 Å². The smallest absolute Gasteiger partial charge is 0.336 e. The topological polar surface area (TPSA) is 77.8 Å². The zero-order valence-electron chi connectivity index (χ0n) is 13.8. The second-order valence-corrected chi connectivity index (χ2v) is 5.84. The molecule has 1 amide bonds. The fraction of sp³-hybridized carbons (Fsp3) is 0.412. The molecule has 6 heteroatoms. The van der Waals surface area contributed by atoms with Gasteiger partial charge in [0.2, 0.25) is 5.91 Å². The normalized spacial score (nSPS) is 11.7. The van der Waals surface area contributed by atoms with Gasteiger partial charge in [-0.1, -0.05) is 0 Å². The van der Waals surface area contributed by atoms with Gasteiger partial charge in [0.25, 0.3) is 0 Å². The average Bonchev–Trinajstić information content (AvgIpc) is 2.47. The summed E-state index contributed by atoms with van der Waals surface area (Å²) >= 11 is 0. The molecule has 2 aromatic rings. The summed E-state index contributed by atoms with van der Waals surface area (Å²) in [6.45, 7) is 4.06. The van der Waals surface area contributed by atoms with Crippen LogP contribution in [0.2, 0.25) is 0 Å². The highest BCUT2D eigenvalue weighted by molar-refractivity contribution is 5.97. The summed E-state index contributed by atoms with van der Waals surface area (Å²) in [5.41, 5.74) is 0.591. The molecule has 1 aromatic heterocycles. The molecule has 124 valence electrons. The summed E-state index contributed by atoms with van der Waals surface area (Å²) < 4.78 is 15.4. The Bertz CT molecular complexity index is 759. The molecule has 0 aliphatic rings. The van der Waals surface area contributed by atoms with Crippen LogP contribution >= 0.6 is 0 Å². The molecular weight excluding hydrogens is 298 g/mol. The second-order valence-electron chi connectivity index (χ2n) is 5.84. The first kappa shape index (κ1) is 17.2. The van der Waals surface area contributed by atoms with Crippen LogP contribution < -0.4 is 10.9 Å². The number of anilines is 1. The summed E-state index contributed by atoms with van der Waals surface area (Å²) in [5.74, 6) is -0.226. The van der Waals surface area contributed by atoms with Gasteiger partial charge in [0.05, 0.1) is 18.6 Å². The Morgan fingerprint density at radius 1 is 1.22 bits per heavy atom. The standard InChI is InChI=1S/C17H21NO5/c1-11-7-15(19)23-14-8-12(5-6-13(11)14)18-16(20)17(2,9-21-3)10-22-4/h5-8H,9-10H2,1-4H3,(H,18,20). The fourth-order valence-electron chi connectivity index (χ4n) is 2.49. The number of hydrogen-bond acceptors (Lipinski definition) is 5. The Hall–Kier alpha value is -2.18. The minimum absolute atomic E-state index is 0.226. The van der Waals surface area contributed by atoms with Crippen molar-refractivity contribution in [3.05, 3.63) is 40.2 Å². The highest BCUT2D eigenvalue weighted by Gasteiger charge is 2.33. The monoisotopic (exact) mass is 319 g/mol. The first-order chi connectivity index (χ1) is 10.9. The van der Waals surface area contributed by atoms with Gasteiger partial charge >= 0.3 is 5.63 Å². The lowest BCUT2D eigenvalue weighted by atomic mass is 9.91. The van der Waals surface area contributed by atoms with Gasteiger partial charge in [-0.25, -0.2) is 4.79 Å². The van der Waals surface area contributed by atoms with Crippen LogP contribution in [0, 0.1) is 12.3 Å². The van der Waals surface area contributed by atoms with E-state index in [-0.39, 0.29) is 19.1 Å². The van der Waals surface area contributed by atoms with E-state index in [9.17, 15) is 9.59 Å². The van der Waals surface area contributed by atoms with Crippen LogP contribution in [0.15, 0.2) is 33.5 Å². The van der Waals surface area contributed by atoms with Crippen molar-refractivity contribution >= 4 is 22.6 Å². The van der Waals surface area contributed by atoms with Crippen molar-refractivity contribution in [1.29, 1.82) is 0 Å². The van der Waals surface area contributed by atoms with Gasteiger partial charge in [-0.15, -0.1) is 0 Å². The summed E-state index contributed by atoms with van der Waals surface area (Å²) in [4.78, 5) is 24.0. The molecule has 0 aliphatic heterocycles. The van der Waals surface area contributed by atoms with Gasteiger partial charge < -0.3 is 19.2 Å². The van der Waals surface area contributed by atoms with Crippen molar-refractivity contribution in [2.45, 2.75) is 13.8 Å². The van der Waals surface area contributed by atoms with Crippen LogP contribution in [0.4, 0.5) is 5.69 Å². The number of ether oxygens (including phenoxy) is 2. The lowest BCUT2D eigenvalue weighted by Gasteiger charge is -2.26. The van der Waals surface area contributed by atoms with Gasteiger partial charge in [-0.3, -0.25) is 4.79 Å². The minimum Gasteiger partial charge on any atom is -0.423 e. The van der Waals surface area contributed by atoms with E-state index in [4.69, 9.17) is 13.9 Å². The maximum Gasteiger partial charge on any atom is 0.336 e. The molecule has 0 spiro atoms. The van der Waals surface area contributed by atoms with E-state index < -0.39 is 11.0 Å². The third-order valence-corrected chi connectivity index (χ3v) is 3.68. The maximum absolute atomic E-state index is 12.5. The number of benzene rings is 1. The number of nitrogens with one attached hydrogen (secondary N) is 1. The zero-order chi connectivity index (χ0) is 17.0. The third kappa shape index (κ3) is 3.78. The number of aryl methyl sites for hydroxylation is 1. The zero-order valence-corrected chi connectivity index (χ0v) is 13.8. The molecule has 1 aromatic carbocycles. The number of fused-ring (bicyclic) bond motifs is 1. The summed E-state index contributed by atoms with van der Waals surface area (Å²) in [7, 11) is 3.07. The lowest BCUT2D eigenvalue weighted by Crippen LogP contribution is -2.41.